The molecular weight excluding hydrogens is 475 g/mol. The van der Waals surface area contributed by atoms with Crippen molar-refractivity contribution < 1.29 is 69.5 Å². The summed E-state index contributed by atoms with van der Waals surface area (Å²) in [5.74, 6) is 0.184. The molecule has 0 aliphatic carbocycles. The van der Waals surface area contributed by atoms with Crippen LogP contribution in [0.25, 0.3) is 0 Å². The zero-order valence-corrected chi connectivity index (χ0v) is 23.4. The number of ketones is 1. The smallest absolute Gasteiger partial charge is 0.565 e. The first kappa shape index (κ1) is 36.3. The topological polar surface area (TPSA) is 155 Å². The Balaban J connectivity index is -0.000000412. The van der Waals surface area contributed by atoms with E-state index in [9.17, 15) is 14.7 Å². The monoisotopic (exact) mass is 506 g/mol. The van der Waals surface area contributed by atoms with Gasteiger partial charge in [0, 0.05) is 22.8 Å². The normalized spacial score (nSPS) is 9.85. The van der Waals surface area contributed by atoms with Crippen LogP contribution in [0.1, 0.15) is 47.1 Å². The van der Waals surface area contributed by atoms with Crippen LogP contribution in [-0.4, -0.2) is 37.6 Å². The first-order chi connectivity index (χ1) is 14.9. The van der Waals surface area contributed by atoms with E-state index in [4.69, 9.17) is 36.8 Å². The quantitative estimate of drug-likeness (QED) is 0.270. The van der Waals surface area contributed by atoms with Crippen LogP contribution in [0.5, 0.6) is 17.2 Å². The Morgan fingerprint density at radius 3 is 1.29 bits per heavy atom. The summed E-state index contributed by atoms with van der Waals surface area (Å²) in [5.41, 5.74) is -0.0171. The molecule has 0 saturated carbocycles. The molecule has 2 aromatic rings. The first-order valence-corrected chi connectivity index (χ1v) is 10.1. The number of benzene rings is 2. The summed E-state index contributed by atoms with van der Waals surface area (Å²) >= 11 is 5.11. The van der Waals surface area contributed by atoms with Crippen molar-refractivity contribution >= 4 is 28.8 Å². The standard InChI is InChI=1S/C12H16O2.C6H6O2.C5H9ClO.CH2O3.Na/c1-12(2,3)11(14)8-9-6-4-5-7-10(9)13;7-5-3-1-2-4-6(5)8;1-5(2,3)4(6)7;2-1(3)4;/h4-7,13H,8H2,1-3H3;1-4,7-8H;1-3H3;(H2,2,3,4);/q;;;;+1/p-1. The summed E-state index contributed by atoms with van der Waals surface area (Å²) in [6.45, 7) is 11.0. The Bertz CT molecular complexity index is 877. The molecule has 0 bridgehead atoms. The molecule has 0 spiro atoms. The van der Waals surface area contributed by atoms with Crippen LogP contribution >= 0.6 is 11.6 Å². The van der Waals surface area contributed by atoms with Gasteiger partial charge in [-0.2, -0.15) is 0 Å². The van der Waals surface area contributed by atoms with E-state index in [0.717, 1.165) is 0 Å². The van der Waals surface area contributed by atoms with Gasteiger partial charge < -0.3 is 30.3 Å². The number of halogens is 1. The fourth-order valence-corrected chi connectivity index (χ4v) is 1.56. The molecule has 10 heteroatoms. The average Bonchev–Trinajstić information content (AvgIpc) is 2.65. The fourth-order valence-electron chi connectivity index (χ4n) is 1.56. The molecule has 0 atom stereocenters. The molecule has 0 heterocycles. The van der Waals surface area contributed by atoms with Gasteiger partial charge in [-0.25, -0.2) is 0 Å². The summed E-state index contributed by atoms with van der Waals surface area (Å²) in [5, 5.41) is 41.8. The van der Waals surface area contributed by atoms with Crippen molar-refractivity contribution in [3.63, 3.8) is 0 Å². The molecule has 0 amide bonds. The fraction of sp³-hybridized carbons (Fsp3) is 0.375. The maximum atomic E-state index is 11.7. The van der Waals surface area contributed by atoms with E-state index in [-0.39, 0.29) is 68.7 Å². The predicted molar refractivity (Wildman–Crippen MR) is 124 cm³/mol. The van der Waals surface area contributed by atoms with Crippen LogP contribution in [0.3, 0.4) is 0 Å². The van der Waals surface area contributed by atoms with Crippen molar-refractivity contribution in [2.45, 2.75) is 48.0 Å². The Morgan fingerprint density at radius 2 is 1.06 bits per heavy atom. The molecule has 2 aromatic carbocycles. The second kappa shape index (κ2) is 17.2. The number of carboxylic acid groups (broad SMARTS) is 2. The predicted octanol–water partition coefficient (Wildman–Crippen LogP) is 1.34. The molecule has 0 radical (unpaired) electrons. The summed E-state index contributed by atoms with van der Waals surface area (Å²) in [7, 11) is 0. The van der Waals surface area contributed by atoms with Gasteiger partial charge in [0.15, 0.2) is 11.5 Å². The number of hydrogen-bond donors (Lipinski definition) is 4. The molecule has 0 aliphatic heterocycles. The largest absolute Gasteiger partial charge is 1.00 e. The zero-order valence-electron chi connectivity index (χ0n) is 20.6. The van der Waals surface area contributed by atoms with Crippen LogP contribution in [0.2, 0.25) is 0 Å². The van der Waals surface area contributed by atoms with Crippen LogP contribution in [0, 0.1) is 10.8 Å². The van der Waals surface area contributed by atoms with Gasteiger partial charge in [0.25, 0.3) is 0 Å². The van der Waals surface area contributed by atoms with E-state index in [2.05, 4.69) is 0 Å². The van der Waals surface area contributed by atoms with E-state index in [0.29, 0.717) is 12.0 Å². The Morgan fingerprint density at radius 1 is 0.765 bits per heavy atom. The van der Waals surface area contributed by atoms with Crippen molar-refractivity contribution in [1.82, 2.24) is 0 Å². The van der Waals surface area contributed by atoms with Crippen LogP contribution < -0.4 is 34.7 Å². The third kappa shape index (κ3) is 19.2. The Hall–Kier alpha value is -2.26. The Kier molecular flexibility index (Phi) is 18.4. The van der Waals surface area contributed by atoms with E-state index in [1.54, 1.807) is 51.1 Å². The molecule has 0 aliphatic rings. The van der Waals surface area contributed by atoms with Crippen LogP contribution in [0.4, 0.5) is 4.79 Å². The molecule has 0 saturated heterocycles. The number of aromatic hydroxyl groups is 3. The number of phenolic OH excluding ortho intramolecular Hbond substituents is 3. The summed E-state index contributed by atoms with van der Waals surface area (Å²) in [4.78, 5) is 30.4. The molecular formula is C24H32ClNaO8. The molecule has 4 N–H and O–H groups in total. The van der Waals surface area contributed by atoms with Gasteiger partial charge in [0.05, 0.1) is 0 Å². The zero-order chi connectivity index (χ0) is 26.4. The number of carbonyl (C=O) groups excluding carboxylic acids is 2. The third-order valence-corrected chi connectivity index (χ3v) is 4.22. The van der Waals surface area contributed by atoms with Crippen LogP contribution in [0.15, 0.2) is 48.5 Å². The van der Waals surface area contributed by atoms with Gasteiger partial charge in [-0.3, -0.25) is 9.59 Å². The van der Waals surface area contributed by atoms with Crippen molar-refractivity contribution in [2.24, 2.45) is 10.8 Å². The van der Waals surface area contributed by atoms with Gasteiger partial charge in [0.2, 0.25) is 11.4 Å². The van der Waals surface area contributed by atoms with E-state index < -0.39 is 6.16 Å². The van der Waals surface area contributed by atoms with Gasteiger partial charge in [-0.15, -0.1) is 0 Å². The minimum Gasteiger partial charge on any atom is -0.565 e. The SMILES string of the molecule is CC(C)(C)C(=O)Cc1ccccc1O.CC(C)(C)C(=O)Cl.O=C([O-])O.Oc1ccccc1O.[Na+]. The van der Waals surface area contributed by atoms with Gasteiger partial charge in [-0.1, -0.05) is 71.9 Å². The molecule has 0 fully saturated rings. The summed E-state index contributed by atoms with van der Waals surface area (Å²) < 4.78 is 0. The van der Waals surface area contributed by atoms with E-state index in [1.165, 1.54) is 12.1 Å². The second-order valence-corrected chi connectivity index (χ2v) is 9.10. The maximum absolute atomic E-state index is 11.7. The van der Waals surface area contributed by atoms with Crippen molar-refractivity contribution in [3.05, 3.63) is 54.1 Å². The number of para-hydroxylation sites is 3. The minimum absolute atomic E-state index is 0. The van der Waals surface area contributed by atoms with Crippen molar-refractivity contribution in [1.29, 1.82) is 0 Å². The second-order valence-electron chi connectivity index (χ2n) is 8.76. The molecule has 34 heavy (non-hydrogen) atoms. The van der Waals surface area contributed by atoms with Gasteiger partial charge in [0.1, 0.15) is 11.5 Å². The average molecular weight is 507 g/mol. The first-order valence-electron chi connectivity index (χ1n) is 9.76. The molecule has 0 aromatic heterocycles. The molecule has 0 unspecified atom stereocenters. The Labute approximate surface area is 227 Å². The van der Waals surface area contributed by atoms with Crippen LogP contribution in [-0.2, 0) is 16.0 Å². The van der Waals surface area contributed by atoms with Gasteiger partial charge in [-0.05, 0) is 29.8 Å². The number of carbonyl (C=O) groups is 3. The van der Waals surface area contributed by atoms with Crippen molar-refractivity contribution in [3.8, 4) is 17.2 Å². The minimum atomic E-state index is -2.08. The van der Waals surface area contributed by atoms with Gasteiger partial charge >= 0.3 is 29.6 Å². The van der Waals surface area contributed by atoms with E-state index in [1.807, 2.05) is 26.8 Å². The van der Waals surface area contributed by atoms with E-state index >= 15 is 0 Å². The number of hydrogen-bond acceptors (Lipinski definition) is 7. The third-order valence-electron chi connectivity index (χ3n) is 3.65. The summed E-state index contributed by atoms with van der Waals surface area (Å²) in [6, 6.07) is 13.1. The number of phenols is 3. The molecule has 2 rings (SSSR count). The molecule has 8 nitrogen and oxygen atoms in total. The molecule has 184 valence electrons. The number of rotatable bonds is 2. The van der Waals surface area contributed by atoms with Crippen molar-refractivity contribution in [2.75, 3.05) is 0 Å². The summed E-state index contributed by atoms with van der Waals surface area (Å²) in [6.07, 6.45) is -1.78. The number of Topliss-reactive ketones (excluding diaryl/α,β-unsaturated/α-hetero) is 1. The maximum Gasteiger partial charge on any atom is 1.00 e.